The smallest absolute Gasteiger partial charge is 0.193 e. The van der Waals surface area contributed by atoms with E-state index in [9.17, 15) is 14.4 Å². The van der Waals surface area contributed by atoms with Crippen LogP contribution in [0.5, 0.6) is 0 Å². The lowest BCUT2D eigenvalue weighted by Gasteiger charge is -2.10. The molecule has 3 aromatic rings. The van der Waals surface area contributed by atoms with Crippen LogP contribution in [0, 0.1) is 17.1 Å². The third-order valence-electron chi connectivity index (χ3n) is 3.87. The first-order valence-corrected chi connectivity index (χ1v) is 7.54. The number of carbonyl (C=O) groups is 1. The summed E-state index contributed by atoms with van der Waals surface area (Å²) in [6, 6.07) is 24.1. The second kappa shape index (κ2) is 6.89. The highest BCUT2D eigenvalue weighted by Gasteiger charge is 2.15. The minimum Gasteiger partial charge on any atom is -0.289 e. The predicted octanol–water partition coefficient (Wildman–Crippen LogP) is 4.71. The van der Waals surface area contributed by atoms with Crippen LogP contribution < -0.4 is 0 Å². The standard InChI is InChI=1S/C21H14FNO/c22-19-12-10-16(11-13-19)20(14-23)15-6-8-18(9-7-15)21(24)17-4-2-1-3-5-17/h1-13,20H/t20-/m0/s1. The second-order valence-electron chi connectivity index (χ2n) is 5.43. The van der Waals surface area contributed by atoms with Gasteiger partial charge in [-0.2, -0.15) is 5.26 Å². The molecule has 3 aromatic carbocycles. The lowest BCUT2D eigenvalue weighted by Crippen LogP contribution is -2.03. The fraction of sp³-hybridized carbons (Fsp3) is 0.0476. The minimum atomic E-state index is -0.494. The SMILES string of the molecule is N#C[C@H](c1ccc(F)cc1)c1ccc(C(=O)c2ccccc2)cc1. The van der Waals surface area contributed by atoms with E-state index in [1.54, 1.807) is 48.5 Å². The minimum absolute atomic E-state index is 0.0579. The van der Waals surface area contributed by atoms with E-state index >= 15 is 0 Å². The third-order valence-corrected chi connectivity index (χ3v) is 3.87. The van der Waals surface area contributed by atoms with Gasteiger partial charge >= 0.3 is 0 Å². The van der Waals surface area contributed by atoms with Crippen molar-refractivity contribution >= 4 is 5.78 Å². The van der Waals surface area contributed by atoms with Gasteiger partial charge in [0.2, 0.25) is 0 Å². The van der Waals surface area contributed by atoms with E-state index in [-0.39, 0.29) is 11.6 Å². The molecule has 0 unspecified atom stereocenters. The molecule has 0 aromatic heterocycles. The van der Waals surface area contributed by atoms with Gasteiger partial charge in [0.15, 0.2) is 5.78 Å². The van der Waals surface area contributed by atoms with Gasteiger partial charge in [-0.3, -0.25) is 4.79 Å². The van der Waals surface area contributed by atoms with Crippen LogP contribution in [0.2, 0.25) is 0 Å². The summed E-state index contributed by atoms with van der Waals surface area (Å²) in [5.74, 6) is -0.886. The molecule has 0 bridgehead atoms. The Balaban J connectivity index is 1.87. The number of hydrogen-bond donors (Lipinski definition) is 0. The molecule has 0 fully saturated rings. The zero-order chi connectivity index (χ0) is 16.9. The van der Waals surface area contributed by atoms with E-state index in [2.05, 4.69) is 6.07 Å². The van der Waals surface area contributed by atoms with Crippen molar-refractivity contribution in [2.24, 2.45) is 0 Å². The molecular formula is C21H14FNO. The van der Waals surface area contributed by atoms with Gasteiger partial charge in [0.25, 0.3) is 0 Å². The van der Waals surface area contributed by atoms with Crippen LogP contribution in [-0.2, 0) is 0 Å². The molecule has 3 rings (SSSR count). The molecule has 116 valence electrons. The highest BCUT2D eigenvalue weighted by Crippen LogP contribution is 2.25. The molecule has 0 N–H and O–H groups in total. The van der Waals surface area contributed by atoms with Crippen LogP contribution in [0.1, 0.15) is 33.0 Å². The molecule has 1 atom stereocenters. The number of benzene rings is 3. The van der Waals surface area contributed by atoms with Crippen LogP contribution in [-0.4, -0.2) is 5.78 Å². The Bertz CT molecular complexity index is 878. The lowest BCUT2D eigenvalue weighted by atomic mass is 9.91. The van der Waals surface area contributed by atoms with Crippen LogP contribution in [0.3, 0.4) is 0 Å². The van der Waals surface area contributed by atoms with Crippen molar-refractivity contribution in [3.05, 3.63) is 107 Å². The van der Waals surface area contributed by atoms with Crippen molar-refractivity contribution in [1.29, 1.82) is 5.26 Å². The molecule has 0 amide bonds. The summed E-state index contributed by atoms with van der Waals surface area (Å²) in [5, 5.41) is 9.45. The summed E-state index contributed by atoms with van der Waals surface area (Å²) in [5.41, 5.74) is 2.69. The maximum absolute atomic E-state index is 13.0. The first-order valence-electron chi connectivity index (χ1n) is 7.54. The summed E-state index contributed by atoms with van der Waals surface area (Å²) in [4.78, 5) is 12.4. The van der Waals surface area contributed by atoms with Crippen molar-refractivity contribution in [2.45, 2.75) is 5.92 Å². The van der Waals surface area contributed by atoms with E-state index in [1.165, 1.54) is 12.1 Å². The fourth-order valence-electron chi connectivity index (χ4n) is 2.58. The predicted molar refractivity (Wildman–Crippen MR) is 90.2 cm³/mol. The molecule has 24 heavy (non-hydrogen) atoms. The highest BCUT2D eigenvalue weighted by molar-refractivity contribution is 6.08. The molecule has 0 spiro atoms. The molecule has 0 aliphatic rings. The molecule has 0 saturated heterocycles. The van der Waals surface area contributed by atoms with E-state index in [0.29, 0.717) is 11.1 Å². The summed E-state index contributed by atoms with van der Waals surface area (Å²) in [6.45, 7) is 0. The number of nitriles is 1. The molecule has 2 nitrogen and oxygen atoms in total. The summed E-state index contributed by atoms with van der Waals surface area (Å²) in [6.07, 6.45) is 0. The van der Waals surface area contributed by atoms with Crippen LogP contribution in [0.25, 0.3) is 0 Å². The Morgan fingerprint density at radius 3 is 1.83 bits per heavy atom. The van der Waals surface area contributed by atoms with Gasteiger partial charge in [0, 0.05) is 11.1 Å². The van der Waals surface area contributed by atoms with Crippen molar-refractivity contribution in [2.75, 3.05) is 0 Å². The van der Waals surface area contributed by atoms with Crippen molar-refractivity contribution in [1.82, 2.24) is 0 Å². The molecule has 0 aliphatic heterocycles. The van der Waals surface area contributed by atoms with Crippen LogP contribution in [0.4, 0.5) is 4.39 Å². The Hall–Kier alpha value is -3.25. The first-order chi connectivity index (χ1) is 11.7. The number of rotatable bonds is 4. The summed E-state index contributed by atoms with van der Waals surface area (Å²) < 4.78 is 13.0. The number of hydrogen-bond acceptors (Lipinski definition) is 2. The average Bonchev–Trinajstić information content (AvgIpc) is 2.64. The number of ketones is 1. The van der Waals surface area contributed by atoms with Crippen molar-refractivity contribution < 1.29 is 9.18 Å². The monoisotopic (exact) mass is 315 g/mol. The highest BCUT2D eigenvalue weighted by atomic mass is 19.1. The quantitative estimate of drug-likeness (QED) is 0.654. The Kier molecular flexibility index (Phi) is 4.49. The number of halogens is 1. The van der Waals surface area contributed by atoms with E-state index < -0.39 is 5.92 Å². The van der Waals surface area contributed by atoms with E-state index in [1.807, 2.05) is 18.2 Å². The molecular weight excluding hydrogens is 301 g/mol. The Morgan fingerprint density at radius 1 is 0.792 bits per heavy atom. The van der Waals surface area contributed by atoms with Crippen LogP contribution in [0.15, 0.2) is 78.9 Å². The fourth-order valence-corrected chi connectivity index (χ4v) is 2.58. The largest absolute Gasteiger partial charge is 0.289 e. The molecule has 0 aliphatic carbocycles. The zero-order valence-electron chi connectivity index (χ0n) is 12.8. The van der Waals surface area contributed by atoms with Gasteiger partial charge < -0.3 is 0 Å². The van der Waals surface area contributed by atoms with Gasteiger partial charge in [-0.1, -0.05) is 66.7 Å². The molecule has 3 heteroatoms. The van der Waals surface area contributed by atoms with E-state index in [4.69, 9.17) is 0 Å². The van der Waals surface area contributed by atoms with Gasteiger partial charge in [0.1, 0.15) is 5.82 Å². The van der Waals surface area contributed by atoms with Gasteiger partial charge in [-0.05, 0) is 23.3 Å². The zero-order valence-corrected chi connectivity index (χ0v) is 12.8. The lowest BCUT2D eigenvalue weighted by molar-refractivity contribution is 0.103. The number of nitrogens with zero attached hydrogens (tertiary/aromatic N) is 1. The molecule has 0 heterocycles. The average molecular weight is 315 g/mol. The number of carbonyl (C=O) groups excluding carboxylic acids is 1. The Labute approximate surface area is 139 Å². The third kappa shape index (κ3) is 3.23. The van der Waals surface area contributed by atoms with Gasteiger partial charge in [-0.25, -0.2) is 4.39 Å². The maximum Gasteiger partial charge on any atom is 0.193 e. The van der Waals surface area contributed by atoms with Gasteiger partial charge in [0.05, 0.1) is 12.0 Å². The maximum atomic E-state index is 13.0. The van der Waals surface area contributed by atoms with Crippen LogP contribution >= 0.6 is 0 Å². The van der Waals surface area contributed by atoms with Crippen molar-refractivity contribution in [3.63, 3.8) is 0 Å². The molecule has 0 radical (unpaired) electrons. The topological polar surface area (TPSA) is 40.9 Å². The van der Waals surface area contributed by atoms with Crippen molar-refractivity contribution in [3.8, 4) is 6.07 Å². The molecule has 0 saturated carbocycles. The van der Waals surface area contributed by atoms with E-state index in [0.717, 1.165) is 11.1 Å². The summed E-state index contributed by atoms with van der Waals surface area (Å²) >= 11 is 0. The summed E-state index contributed by atoms with van der Waals surface area (Å²) in [7, 11) is 0. The Morgan fingerprint density at radius 2 is 1.29 bits per heavy atom. The second-order valence-corrected chi connectivity index (χ2v) is 5.43. The normalized spacial score (nSPS) is 11.5. The first kappa shape index (κ1) is 15.6. The van der Waals surface area contributed by atoms with Gasteiger partial charge in [-0.15, -0.1) is 0 Å².